The van der Waals surface area contributed by atoms with Crippen LogP contribution in [0.2, 0.25) is 10.0 Å². The van der Waals surface area contributed by atoms with E-state index < -0.39 is 17.7 Å². The van der Waals surface area contributed by atoms with Crippen LogP contribution in [-0.4, -0.2) is 34.0 Å². The van der Waals surface area contributed by atoms with Gasteiger partial charge in [0.1, 0.15) is 5.54 Å². The fourth-order valence-corrected chi connectivity index (χ4v) is 3.62. The van der Waals surface area contributed by atoms with E-state index in [9.17, 15) is 14.7 Å². The Labute approximate surface area is 138 Å². The predicted octanol–water partition coefficient (Wildman–Crippen LogP) is 2.89. The first kappa shape index (κ1) is 15.6. The van der Waals surface area contributed by atoms with Crippen molar-refractivity contribution in [2.45, 2.75) is 37.3 Å². The second kappa shape index (κ2) is 5.72. The first-order valence-corrected chi connectivity index (χ1v) is 7.96. The minimum atomic E-state index is -1.07. The summed E-state index contributed by atoms with van der Waals surface area (Å²) < 4.78 is 0. The number of rotatable bonds is 3. The van der Waals surface area contributed by atoms with E-state index >= 15 is 0 Å². The molecule has 0 unspecified atom stereocenters. The van der Waals surface area contributed by atoms with E-state index in [0.29, 0.717) is 28.5 Å². The Morgan fingerprint density at radius 3 is 2.64 bits per heavy atom. The largest absolute Gasteiger partial charge is 0.386 e. The van der Waals surface area contributed by atoms with E-state index in [4.69, 9.17) is 23.2 Å². The number of carbonyl (C=O) groups is 2. The van der Waals surface area contributed by atoms with Gasteiger partial charge in [-0.25, -0.2) is 4.79 Å². The molecule has 1 aromatic rings. The smallest absolute Gasteiger partial charge is 0.325 e. The quantitative estimate of drug-likeness (QED) is 0.829. The summed E-state index contributed by atoms with van der Waals surface area (Å²) in [5, 5.41) is 13.9. The summed E-state index contributed by atoms with van der Waals surface area (Å²) in [6.45, 7) is -0.132. The average Bonchev–Trinajstić information content (AvgIpc) is 3.03. The molecule has 1 aromatic carbocycles. The van der Waals surface area contributed by atoms with Crippen molar-refractivity contribution in [3.63, 3.8) is 0 Å². The molecule has 1 saturated heterocycles. The van der Waals surface area contributed by atoms with Crippen molar-refractivity contribution in [3.8, 4) is 0 Å². The highest BCUT2D eigenvalue weighted by Gasteiger charge is 2.52. The Kier molecular flexibility index (Phi) is 4.05. The van der Waals surface area contributed by atoms with Gasteiger partial charge in [0.2, 0.25) is 0 Å². The fourth-order valence-electron chi connectivity index (χ4n) is 3.20. The highest BCUT2D eigenvalue weighted by molar-refractivity contribution is 6.33. The number of hydrogen-bond acceptors (Lipinski definition) is 3. The molecular weight excluding hydrogens is 327 g/mol. The summed E-state index contributed by atoms with van der Waals surface area (Å²) in [6.07, 6.45) is 2.08. The lowest BCUT2D eigenvalue weighted by Gasteiger charge is -2.22. The van der Waals surface area contributed by atoms with Crippen LogP contribution in [0.5, 0.6) is 0 Å². The molecule has 118 valence electrons. The van der Waals surface area contributed by atoms with Crippen LogP contribution in [0, 0.1) is 0 Å². The molecule has 2 fully saturated rings. The second-order valence-corrected chi connectivity index (χ2v) is 6.66. The number of imide groups is 1. The fraction of sp³-hybridized carbons (Fsp3) is 0.467. The highest BCUT2D eigenvalue weighted by Crippen LogP contribution is 2.36. The number of nitrogens with zero attached hydrogens (tertiary/aromatic N) is 1. The minimum absolute atomic E-state index is 0.132. The SMILES string of the molecule is O=C1NC2(CCCC2)C(=O)N1C[C@H](O)c1cc(Cl)ccc1Cl. The summed E-state index contributed by atoms with van der Waals surface area (Å²) in [5.41, 5.74) is -0.364. The zero-order valence-corrected chi connectivity index (χ0v) is 13.3. The number of carbonyl (C=O) groups excluding carboxylic acids is 2. The van der Waals surface area contributed by atoms with Crippen molar-refractivity contribution in [3.05, 3.63) is 33.8 Å². The number of aliphatic hydroxyl groups is 1. The topological polar surface area (TPSA) is 69.6 Å². The maximum Gasteiger partial charge on any atom is 0.325 e. The van der Waals surface area contributed by atoms with Crippen molar-refractivity contribution in [1.82, 2.24) is 10.2 Å². The van der Waals surface area contributed by atoms with Crippen LogP contribution in [0.1, 0.15) is 37.4 Å². The molecule has 1 spiro atoms. The summed E-state index contributed by atoms with van der Waals surface area (Å²) in [7, 11) is 0. The molecule has 2 N–H and O–H groups in total. The molecule has 3 amide bonds. The number of halogens is 2. The molecule has 1 aliphatic heterocycles. The van der Waals surface area contributed by atoms with Crippen LogP contribution < -0.4 is 5.32 Å². The van der Waals surface area contributed by atoms with Crippen LogP contribution in [-0.2, 0) is 4.79 Å². The van der Waals surface area contributed by atoms with Gasteiger partial charge in [0, 0.05) is 15.6 Å². The van der Waals surface area contributed by atoms with Gasteiger partial charge in [-0.15, -0.1) is 0 Å². The number of amides is 3. The van der Waals surface area contributed by atoms with Gasteiger partial charge in [-0.1, -0.05) is 36.0 Å². The Balaban J connectivity index is 1.79. The Morgan fingerprint density at radius 1 is 1.27 bits per heavy atom. The molecule has 5 nitrogen and oxygen atoms in total. The third-order valence-electron chi connectivity index (χ3n) is 4.38. The van der Waals surface area contributed by atoms with E-state index in [1.807, 2.05) is 0 Å². The molecule has 1 saturated carbocycles. The molecule has 2 aliphatic rings. The summed E-state index contributed by atoms with van der Waals surface area (Å²) in [6, 6.07) is 4.27. The zero-order chi connectivity index (χ0) is 15.9. The lowest BCUT2D eigenvalue weighted by atomic mass is 9.98. The first-order chi connectivity index (χ1) is 10.4. The second-order valence-electron chi connectivity index (χ2n) is 5.82. The molecule has 0 radical (unpaired) electrons. The van der Waals surface area contributed by atoms with Crippen LogP contribution in [0.15, 0.2) is 18.2 Å². The highest BCUT2D eigenvalue weighted by atomic mass is 35.5. The van der Waals surface area contributed by atoms with E-state index in [1.54, 1.807) is 18.2 Å². The first-order valence-electron chi connectivity index (χ1n) is 7.20. The van der Waals surface area contributed by atoms with Crippen LogP contribution in [0.25, 0.3) is 0 Å². The van der Waals surface area contributed by atoms with Gasteiger partial charge in [-0.3, -0.25) is 9.69 Å². The normalized spacial score (nSPS) is 21.5. The van der Waals surface area contributed by atoms with Gasteiger partial charge in [0.25, 0.3) is 5.91 Å². The third kappa shape index (κ3) is 2.57. The number of nitrogens with one attached hydrogen (secondary N) is 1. The minimum Gasteiger partial charge on any atom is -0.386 e. The number of β-amino-alcohol motifs (C(OH)–C–C–N with tert-alkyl or cyclic N) is 1. The average molecular weight is 343 g/mol. The summed E-state index contributed by atoms with van der Waals surface area (Å²) in [5.74, 6) is -0.257. The van der Waals surface area contributed by atoms with Gasteiger partial charge in [-0.2, -0.15) is 0 Å². The van der Waals surface area contributed by atoms with Crippen LogP contribution >= 0.6 is 23.2 Å². The molecule has 22 heavy (non-hydrogen) atoms. The van der Waals surface area contributed by atoms with Gasteiger partial charge < -0.3 is 10.4 Å². The molecule has 1 heterocycles. The van der Waals surface area contributed by atoms with E-state index in [2.05, 4.69) is 5.32 Å². The molecular formula is C15H16Cl2N2O3. The van der Waals surface area contributed by atoms with Crippen molar-refractivity contribution in [2.75, 3.05) is 6.54 Å². The van der Waals surface area contributed by atoms with E-state index in [1.165, 1.54) is 0 Å². The van der Waals surface area contributed by atoms with E-state index in [0.717, 1.165) is 17.7 Å². The van der Waals surface area contributed by atoms with Gasteiger partial charge in [-0.05, 0) is 31.0 Å². The molecule has 7 heteroatoms. The van der Waals surface area contributed by atoms with Crippen LogP contribution in [0.3, 0.4) is 0 Å². The molecule has 1 aliphatic carbocycles. The number of benzene rings is 1. The Morgan fingerprint density at radius 2 is 1.95 bits per heavy atom. The lowest BCUT2D eigenvalue weighted by molar-refractivity contribution is -0.132. The Hall–Kier alpha value is -1.30. The molecule has 3 rings (SSSR count). The number of hydrogen-bond donors (Lipinski definition) is 2. The van der Waals surface area contributed by atoms with Crippen molar-refractivity contribution in [1.29, 1.82) is 0 Å². The number of aliphatic hydroxyl groups excluding tert-OH is 1. The molecule has 1 atom stereocenters. The van der Waals surface area contributed by atoms with Crippen molar-refractivity contribution >= 4 is 35.1 Å². The van der Waals surface area contributed by atoms with E-state index in [-0.39, 0.29) is 12.5 Å². The molecule has 0 bridgehead atoms. The van der Waals surface area contributed by atoms with Crippen molar-refractivity contribution in [2.24, 2.45) is 0 Å². The monoisotopic (exact) mass is 342 g/mol. The van der Waals surface area contributed by atoms with Gasteiger partial charge in [0.15, 0.2) is 0 Å². The van der Waals surface area contributed by atoms with Gasteiger partial charge >= 0.3 is 6.03 Å². The number of urea groups is 1. The molecule has 0 aromatic heterocycles. The maximum absolute atomic E-state index is 12.5. The third-order valence-corrected chi connectivity index (χ3v) is 4.95. The Bertz CT molecular complexity index is 629. The van der Waals surface area contributed by atoms with Gasteiger partial charge in [0.05, 0.1) is 12.6 Å². The van der Waals surface area contributed by atoms with Crippen molar-refractivity contribution < 1.29 is 14.7 Å². The maximum atomic E-state index is 12.5. The summed E-state index contributed by atoms with van der Waals surface area (Å²) >= 11 is 12.0. The summed E-state index contributed by atoms with van der Waals surface area (Å²) in [4.78, 5) is 25.7. The standard InChI is InChI=1S/C15H16Cl2N2O3/c16-9-3-4-11(17)10(7-9)12(20)8-19-13(21)15(18-14(19)22)5-1-2-6-15/h3-4,7,12,20H,1-2,5-6,8H2,(H,18,22)/t12-/m0/s1. The predicted molar refractivity (Wildman–Crippen MR) is 82.9 cm³/mol. The lowest BCUT2D eigenvalue weighted by Crippen LogP contribution is -2.44. The van der Waals surface area contributed by atoms with Crippen LogP contribution in [0.4, 0.5) is 4.79 Å². The zero-order valence-electron chi connectivity index (χ0n) is 11.8.